The molecule has 0 bridgehead atoms. The summed E-state index contributed by atoms with van der Waals surface area (Å²) in [6, 6.07) is 1.41. The van der Waals surface area contributed by atoms with Crippen LogP contribution in [0.15, 0.2) is 0 Å². The molecule has 17 heavy (non-hydrogen) atoms. The Kier molecular flexibility index (Phi) is 9.85. The summed E-state index contributed by atoms with van der Waals surface area (Å²) in [5.74, 6) is 0.759. The molecule has 0 aliphatic carbocycles. The van der Waals surface area contributed by atoms with Crippen molar-refractivity contribution in [3.63, 3.8) is 0 Å². The molecule has 0 saturated carbocycles. The predicted molar refractivity (Wildman–Crippen MR) is 78.5 cm³/mol. The largest absolute Gasteiger partial charge is 0.316 e. The van der Waals surface area contributed by atoms with Gasteiger partial charge in [-0.05, 0) is 32.2 Å². The summed E-state index contributed by atoms with van der Waals surface area (Å²) in [4.78, 5) is 2.70. The van der Waals surface area contributed by atoms with Crippen molar-refractivity contribution in [1.29, 1.82) is 0 Å². The van der Waals surface area contributed by atoms with Gasteiger partial charge in [0.05, 0.1) is 0 Å². The molecule has 1 atom stereocenters. The minimum Gasteiger partial charge on any atom is -0.316 e. The summed E-state index contributed by atoms with van der Waals surface area (Å²) in [5, 5.41) is 3.47. The van der Waals surface area contributed by atoms with Gasteiger partial charge in [-0.2, -0.15) is 0 Å². The highest BCUT2D eigenvalue weighted by Crippen LogP contribution is 2.13. The molecule has 0 heterocycles. The van der Waals surface area contributed by atoms with Crippen LogP contribution in [0.2, 0.25) is 0 Å². The molecule has 0 rings (SSSR count). The summed E-state index contributed by atoms with van der Waals surface area (Å²) >= 11 is 0. The molecule has 0 fully saturated rings. The summed E-state index contributed by atoms with van der Waals surface area (Å²) in [6.45, 7) is 14.0. The van der Waals surface area contributed by atoms with E-state index in [-0.39, 0.29) is 0 Å². The number of nitrogens with zero attached hydrogens (tertiary/aromatic N) is 1. The standard InChI is InChI=1S/C15H34N2/c1-7-10-14(16-6)12-17(11-13(4)5)15(8-2)9-3/h13-16H,7-12H2,1-6H3. The van der Waals surface area contributed by atoms with E-state index in [0.29, 0.717) is 6.04 Å². The van der Waals surface area contributed by atoms with E-state index in [1.54, 1.807) is 0 Å². The molecule has 0 radical (unpaired) electrons. The van der Waals surface area contributed by atoms with Gasteiger partial charge in [-0.3, -0.25) is 4.90 Å². The van der Waals surface area contributed by atoms with E-state index in [2.05, 4.69) is 51.9 Å². The molecule has 0 saturated heterocycles. The predicted octanol–water partition coefficient (Wildman–Crippen LogP) is 3.52. The van der Waals surface area contributed by atoms with Gasteiger partial charge < -0.3 is 5.32 Å². The van der Waals surface area contributed by atoms with E-state index >= 15 is 0 Å². The number of rotatable bonds is 10. The first-order chi connectivity index (χ1) is 8.08. The number of hydrogen-bond acceptors (Lipinski definition) is 2. The molecule has 104 valence electrons. The molecule has 2 nitrogen and oxygen atoms in total. The topological polar surface area (TPSA) is 15.3 Å². The number of nitrogens with one attached hydrogen (secondary N) is 1. The van der Waals surface area contributed by atoms with Gasteiger partial charge in [-0.1, -0.05) is 41.0 Å². The fraction of sp³-hybridized carbons (Fsp3) is 1.00. The molecule has 0 amide bonds. The van der Waals surface area contributed by atoms with Gasteiger partial charge in [0, 0.05) is 25.2 Å². The third-order valence-corrected chi connectivity index (χ3v) is 3.56. The van der Waals surface area contributed by atoms with E-state index in [9.17, 15) is 0 Å². The normalized spacial score (nSPS) is 13.9. The van der Waals surface area contributed by atoms with Crippen LogP contribution in [0.1, 0.15) is 60.3 Å². The van der Waals surface area contributed by atoms with Crippen LogP contribution in [-0.4, -0.2) is 37.1 Å². The first-order valence-electron chi connectivity index (χ1n) is 7.50. The van der Waals surface area contributed by atoms with E-state index in [4.69, 9.17) is 0 Å². The summed E-state index contributed by atoms with van der Waals surface area (Å²) < 4.78 is 0. The summed E-state index contributed by atoms with van der Waals surface area (Å²) in [7, 11) is 2.10. The molecule has 0 aromatic carbocycles. The van der Waals surface area contributed by atoms with E-state index in [1.165, 1.54) is 38.8 Å². The van der Waals surface area contributed by atoms with Crippen LogP contribution >= 0.6 is 0 Å². The molecular formula is C15H34N2. The zero-order chi connectivity index (χ0) is 13.3. The Morgan fingerprint density at radius 2 is 1.59 bits per heavy atom. The van der Waals surface area contributed by atoms with Crippen LogP contribution in [0, 0.1) is 5.92 Å². The second-order valence-corrected chi connectivity index (χ2v) is 5.59. The first kappa shape index (κ1) is 16.9. The minimum absolute atomic E-state index is 0.652. The molecule has 0 spiro atoms. The number of hydrogen-bond donors (Lipinski definition) is 1. The lowest BCUT2D eigenvalue weighted by Gasteiger charge is -2.34. The highest BCUT2D eigenvalue weighted by Gasteiger charge is 2.19. The van der Waals surface area contributed by atoms with Crippen LogP contribution in [-0.2, 0) is 0 Å². The summed E-state index contributed by atoms with van der Waals surface area (Å²) in [5.41, 5.74) is 0. The molecule has 1 unspecified atom stereocenters. The first-order valence-corrected chi connectivity index (χ1v) is 7.50. The van der Waals surface area contributed by atoms with Gasteiger partial charge in [0.2, 0.25) is 0 Å². The highest BCUT2D eigenvalue weighted by molar-refractivity contribution is 4.76. The van der Waals surface area contributed by atoms with Crippen molar-refractivity contribution < 1.29 is 0 Å². The highest BCUT2D eigenvalue weighted by atomic mass is 15.2. The lowest BCUT2D eigenvalue weighted by Crippen LogP contribution is -2.45. The van der Waals surface area contributed by atoms with Crippen molar-refractivity contribution in [3.05, 3.63) is 0 Å². The Morgan fingerprint density at radius 3 is 1.94 bits per heavy atom. The Bertz CT molecular complexity index is 164. The van der Waals surface area contributed by atoms with Gasteiger partial charge in [0.25, 0.3) is 0 Å². The Labute approximate surface area is 109 Å². The van der Waals surface area contributed by atoms with Crippen molar-refractivity contribution in [2.75, 3.05) is 20.1 Å². The molecular weight excluding hydrogens is 208 g/mol. The SMILES string of the molecule is CCCC(CN(CC(C)C)C(CC)CC)NC. The molecule has 0 aromatic rings. The Morgan fingerprint density at radius 1 is 1.00 bits per heavy atom. The van der Waals surface area contributed by atoms with Crippen molar-refractivity contribution in [1.82, 2.24) is 10.2 Å². The molecule has 2 heteroatoms. The van der Waals surface area contributed by atoms with E-state index in [0.717, 1.165) is 12.0 Å². The molecule has 0 aliphatic heterocycles. The maximum atomic E-state index is 3.47. The second kappa shape index (κ2) is 9.90. The van der Waals surface area contributed by atoms with Crippen molar-refractivity contribution >= 4 is 0 Å². The van der Waals surface area contributed by atoms with Crippen molar-refractivity contribution in [2.45, 2.75) is 72.4 Å². The quantitative estimate of drug-likeness (QED) is 0.630. The van der Waals surface area contributed by atoms with Crippen LogP contribution in [0.3, 0.4) is 0 Å². The fourth-order valence-corrected chi connectivity index (χ4v) is 2.61. The van der Waals surface area contributed by atoms with Crippen LogP contribution in [0.25, 0.3) is 0 Å². The van der Waals surface area contributed by atoms with E-state index in [1.807, 2.05) is 0 Å². The van der Waals surface area contributed by atoms with Gasteiger partial charge in [0.15, 0.2) is 0 Å². The van der Waals surface area contributed by atoms with Gasteiger partial charge in [-0.25, -0.2) is 0 Å². The van der Waals surface area contributed by atoms with Crippen LogP contribution < -0.4 is 5.32 Å². The molecule has 0 aromatic heterocycles. The average molecular weight is 242 g/mol. The number of likely N-dealkylation sites (N-methyl/N-ethyl adjacent to an activating group) is 1. The summed E-state index contributed by atoms with van der Waals surface area (Å²) in [6.07, 6.45) is 5.09. The molecule has 1 N–H and O–H groups in total. The zero-order valence-corrected chi connectivity index (χ0v) is 12.9. The lowest BCUT2D eigenvalue weighted by molar-refractivity contribution is 0.148. The van der Waals surface area contributed by atoms with Crippen molar-refractivity contribution in [2.24, 2.45) is 5.92 Å². The van der Waals surface area contributed by atoms with E-state index < -0.39 is 0 Å². The van der Waals surface area contributed by atoms with Crippen LogP contribution in [0.5, 0.6) is 0 Å². The Balaban J connectivity index is 4.43. The van der Waals surface area contributed by atoms with Gasteiger partial charge in [0.1, 0.15) is 0 Å². The third kappa shape index (κ3) is 7.05. The maximum Gasteiger partial charge on any atom is 0.0192 e. The third-order valence-electron chi connectivity index (χ3n) is 3.56. The fourth-order valence-electron chi connectivity index (χ4n) is 2.61. The lowest BCUT2D eigenvalue weighted by atomic mass is 10.0. The second-order valence-electron chi connectivity index (χ2n) is 5.59. The molecule has 0 aliphatic rings. The maximum absolute atomic E-state index is 3.47. The van der Waals surface area contributed by atoms with Crippen molar-refractivity contribution in [3.8, 4) is 0 Å². The smallest absolute Gasteiger partial charge is 0.0192 e. The van der Waals surface area contributed by atoms with Crippen LogP contribution in [0.4, 0.5) is 0 Å². The Hall–Kier alpha value is -0.0800. The minimum atomic E-state index is 0.652. The van der Waals surface area contributed by atoms with Gasteiger partial charge in [-0.15, -0.1) is 0 Å². The monoisotopic (exact) mass is 242 g/mol. The van der Waals surface area contributed by atoms with Gasteiger partial charge >= 0.3 is 0 Å². The average Bonchev–Trinajstić information content (AvgIpc) is 2.29. The zero-order valence-electron chi connectivity index (χ0n) is 12.9.